The summed E-state index contributed by atoms with van der Waals surface area (Å²) in [4.78, 5) is 12.9. The van der Waals surface area contributed by atoms with Crippen molar-refractivity contribution in [2.75, 3.05) is 7.05 Å². The molecule has 0 amide bonds. The number of hydrogen-bond donors (Lipinski definition) is 1. The molecule has 1 N–H and O–H groups in total. The van der Waals surface area contributed by atoms with Gasteiger partial charge in [0, 0.05) is 6.54 Å². The summed E-state index contributed by atoms with van der Waals surface area (Å²) >= 11 is 0. The highest BCUT2D eigenvalue weighted by atomic mass is 19.1. The van der Waals surface area contributed by atoms with Crippen molar-refractivity contribution >= 4 is 5.97 Å². The van der Waals surface area contributed by atoms with E-state index in [0.29, 0.717) is 18.7 Å². The topological polar surface area (TPSA) is 53.7 Å². The van der Waals surface area contributed by atoms with Crippen LogP contribution < -0.4 is 0 Å². The smallest absolute Gasteiger partial charge is 0.336 e. The van der Waals surface area contributed by atoms with Crippen LogP contribution in [0.2, 0.25) is 0 Å². The molecule has 0 bridgehead atoms. The second-order valence-corrected chi connectivity index (χ2v) is 4.36. The third-order valence-corrected chi connectivity index (χ3v) is 2.74. The largest absolute Gasteiger partial charge is 0.478 e. The molecule has 0 aliphatic carbocycles. The van der Waals surface area contributed by atoms with Gasteiger partial charge in [-0.05, 0) is 42.9 Å². The van der Waals surface area contributed by atoms with E-state index in [-0.39, 0.29) is 5.56 Å². The van der Waals surface area contributed by atoms with Crippen molar-refractivity contribution in [3.63, 3.8) is 0 Å². The fraction of sp³-hybridized carbons (Fsp3) is 0.214. The fourth-order valence-electron chi connectivity index (χ4n) is 1.92. The molecule has 100 valence electrons. The molecule has 0 radical (unpaired) electrons. The SMILES string of the molecule is CN(Cc1ccco1)Cc1cc(F)ccc1C(=O)O. The zero-order valence-corrected chi connectivity index (χ0v) is 10.5. The number of halogens is 1. The Morgan fingerprint density at radius 3 is 2.79 bits per heavy atom. The third-order valence-electron chi connectivity index (χ3n) is 2.74. The molecule has 0 aliphatic rings. The molecule has 0 atom stereocenters. The molecule has 0 aliphatic heterocycles. The van der Waals surface area contributed by atoms with E-state index in [9.17, 15) is 9.18 Å². The Hall–Kier alpha value is -2.14. The van der Waals surface area contributed by atoms with Gasteiger partial charge in [-0.25, -0.2) is 9.18 Å². The van der Waals surface area contributed by atoms with Crippen molar-refractivity contribution < 1.29 is 18.7 Å². The lowest BCUT2D eigenvalue weighted by atomic mass is 10.1. The van der Waals surface area contributed by atoms with E-state index in [4.69, 9.17) is 9.52 Å². The average Bonchev–Trinajstić information content (AvgIpc) is 2.81. The van der Waals surface area contributed by atoms with Gasteiger partial charge in [-0.2, -0.15) is 0 Å². The highest BCUT2D eigenvalue weighted by Crippen LogP contribution is 2.15. The first kappa shape index (κ1) is 13.3. The Balaban J connectivity index is 2.13. The van der Waals surface area contributed by atoms with Crippen LogP contribution in [0, 0.1) is 5.82 Å². The minimum atomic E-state index is -1.05. The van der Waals surface area contributed by atoms with Crippen molar-refractivity contribution in [3.8, 4) is 0 Å². The summed E-state index contributed by atoms with van der Waals surface area (Å²) in [5, 5.41) is 9.07. The van der Waals surface area contributed by atoms with Crippen LogP contribution >= 0.6 is 0 Å². The minimum absolute atomic E-state index is 0.118. The van der Waals surface area contributed by atoms with Crippen molar-refractivity contribution in [1.82, 2.24) is 4.90 Å². The number of hydrogen-bond acceptors (Lipinski definition) is 3. The molecule has 1 heterocycles. The van der Waals surface area contributed by atoms with Crippen LogP contribution in [0.15, 0.2) is 41.0 Å². The van der Waals surface area contributed by atoms with Gasteiger partial charge in [-0.1, -0.05) is 0 Å². The maximum Gasteiger partial charge on any atom is 0.336 e. The summed E-state index contributed by atoms with van der Waals surface area (Å²) in [6.07, 6.45) is 1.58. The Bertz CT molecular complexity index is 566. The first-order chi connectivity index (χ1) is 9.06. The third kappa shape index (κ3) is 3.42. The molecule has 0 spiro atoms. The summed E-state index contributed by atoms with van der Waals surface area (Å²) in [5.74, 6) is -0.719. The average molecular weight is 263 g/mol. The van der Waals surface area contributed by atoms with Gasteiger partial charge in [0.1, 0.15) is 11.6 Å². The Morgan fingerprint density at radius 1 is 1.37 bits per heavy atom. The van der Waals surface area contributed by atoms with Crippen LogP contribution in [-0.4, -0.2) is 23.0 Å². The zero-order valence-electron chi connectivity index (χ0n) is 10.5. The van der Waals surface area contributed by atoms with Crippen molar-refractivity contribution in [3.05, 3.63) is 59.3 Å². The maximum absolute atomic E-state index is 13.2. The van der Waals surface area contributed by atoms with Gasteiger partial charge < -0.3 is 9.52 Å². The van der Waals surface area contributed by atoms with Crippen LogP contribution in [0.5, 0.6) is 0 Å². The molecular formula is C14H14FNO3. The molecule has 1 aromatic carbocycles. The Labute approximate surface area is 110 Å². The quantitative estimate of drug-likeness (QED) is 0.901. The van der Waals surface area contributed by atoms with E-state index in [0.717, 1.165) is 11.8 Å². The lowest BCUT2D eigenvalue weighted by molar-refractivity contribution is 0.0694. The van der Waals surface area contributed by atoms with Crippen LogP contribution in [0.4, 0.5) is 4.39 Å². The highest BCUT2D eigenvalue weighted by Gasteiger charge is 2.13. The number of rotatable bonds is 5. The monoisotopic (exact) mass is 263 g/mol. The summed E-state index contributed by atoms with van der Waals surface area (Å²) in [6, 6.07) is 7.31. The molecule has 0 fully saturated rings. The lowest BCUT2D eigenvalue weighted by Gasteiger charge is -2.16. The summed E-state index contributed by atoms with van der Waals surface area (Å²) in [6.45, 7) is 0.864. The van der Waals surface area contributed by atoms with Crippen LogP contribution in [0.1, 0.15) is 21.7 Å². The molecule has 0 saturated heterocycles. The van der Waals surface area contributed by atoms with Gasteiger partial charge in [-0.3, -0.25) is 4.90 Å². The summed E-state index contributed by atoms with van der Waals surface area (Å²) in [7, 11) is 1.82. The minimum Gasteiger partial charge on any atom is -0.478 e. The van der Waals surface area contributed by atoms with Gasteiger partial charge in [0.25, 0.3) is 0 Å². The maximum atomic E-state index is 13.2. The number of carboxylic acids is 1. The fourth-order valence-corrected chi connectivity index (χ4v) is 1.92. The Morgan fingerprint density at radius 2 is 2.16 bits per heavy atom. The summed E-state index contributed by atoms with van der Waals surface area (Å²) in [5.41, 5.74) is 0.564. The van der Waals surface area contributed by atoms with E-state index in [2.05, 4.69) is 0 Å². The molecule has 4 nitrogen and oxygen atoms in total. The first-order valence-electron chi connectivity index (χ1n) is 5.79. The van der Waals surface area contributed by atoms with E-state index in [1.807, 2.05) is 18.0 Å². The predicted octanol–water partition coefficient (Wildman–Crippen LogP) is 2.75. The molecule has 19 heavy (non-hydrogen) atoms. The van der Waals surface area contributed by atoms with E-state index >= 15 is 0 Å². The number of benzene rings is 1. The standard InChI is InChI=1S/C14H14FNO3/c1-16(9-12-3-2-6-19-12)8-10-7-11(15)4-5-13(10)14(17)18/h2-7H,8-9H2,1H3,(H,17,18). The van der Waals surface area contributed by atoms with Gasteiger partial charge in [0.15, 0.2) is 0 Å². The molecule has 0 unspecified atom stereocenters. The van der Waals surface area contributed by atoms with E-state index in [1.54, 1.807) is 12.3 Å². The molecule has 0 saturated carbocycles. The first-order valence-corrected chi connectivity index (χ1v) is 5.79. The van der Waals surface area contributed by atoms with Crippen LogP contribution in [-0.2, 0) is 13.1 Å². The second kappa shape index (κ2) is 5.67. The molecule has 2 aromatic rings. The van der Waals surface area contributed by atoms with Crippen LogP contribution in [0.3, 0.4) is 0 Å². The molecule has 5 heteroatoms. The van der Waals surface area contributed by atoms with E-state index in [1.165, 1.54) is 12.1 Å². The molecule has 1 aromatic heterocycles. The van der Waals surface area contributed by atoms with Crippen molar-refractivity contribution in [2.45, 2.75) is 13.1 Å². The van der Waals surface area contributed by atoms with Crippen LogP contribution in [0.25, 0.3) is 0 Å². The number of furan rings is 1. The van der Waals surface area contributed by atoms with Gasteiger partial charge in [-0.15, -0.1) is 0 Å². The van der Waals surface area contributed by atoms with Crippen molar-refractivity contribution in [1.29, 1.82) is 0 Å². The van der Waals surface area contributed by atoms with Gasteiger partial charge in [0.2, 0.25) is 0 Å². The number of nitrogens with zero attached hydrogens (tertiary/aromatic N) is 1. The molecular weight excluding hydrogens is 249 g/mol. The highest BCUT2D eigenvalue weighted by molar-refractivity contribution is 5.89. The van der Waals surface area contributed by atoms with Crippen molar-refractivity contribution in [2.24, 2.45) is 0 Å². The van der Waals surface area contributed by atoms with Gasteiger partial charge in [0.05, 0.1) is 18.4 Å². The number of aromatic carboxylic acids is 1. The second-order valence-electron chi connectivity index (χ2n) is 4.36. The normalized spacial score (nSPS) is 10.9. The lowest BCUT2D eigenvalue weighted by Crippen LogP contribution is -2.19. The Kier molecular flexibility index (Phi) is 3.97. The van der Waals surface area contributed by atoms with Gasteiger partial charge >= 0.3 is 5.97 Å². The zero-order chi connectivity index (χ0) is 13.8. The number of carboxylic acid groups (broad SMARTS) is 1. The summed E-state index contributed by atoms with van der Waals surface area (Å²) < 4.78 is 18.4. The van der Waals surface area contributed by atoms with E-state index < -0.39 is 11.8 Å². The predicted molar refractivity (Wildman–Crippen MR) is 67.2 cm³/mol. The number of carbonyl (C=O) groups is 1. The molecule has 2 rings (SSSR count).